The largest absolute Gasteiger partial charge is 0.461 e. The van der Waals surface area contributed by atoms with Crippen LogP contribution >= 0.6 is 0 Å². The summed E-state index contributed by atoms with van der Waals surface area (Å²) in [7, 11) is 0. The van der Waals surface area contributed by atoms with Gasteiger partial charge in [-0.15, -0.1) is 0 Å². The number of carbonyl (C=O) groups excluding carboxylic acids is 2. The number of carbonyl (C=O) groups is 2. The predicted molar refractivity (Wildman–Crippen MR) is 61.9 cm³/mol. The number of ketones is 1. The van der Waals surface area contributed by atoms with Crippen molar-refractivity contribution in [1.29, 1.82) is 0 Å². The van der Waals surface area contributed by atoms with E-state index in [0.29, 0.717) is 19.4 Å². The molecule has 0 aromatic rings. The van der Waals surface area contributed by atoms with Gasteiger partial charge in [0.25, 0.3) is 0 Å². The van der Waals surface area contributed by atoms with Crippen molar-refractivity contribution >= 4 is 11.8 Å². The Hall–Kier alpha value is -1.12. The summed E-state index contributed by atoms with van der Waals surface area (Å²) in [6.45, 7) is 6.12. The van der Waals surface area contributed by atoms with Gasteiger partial charge in [-0.25, -0.2) is 0 Å². The molecule has 0 saturated heterocycles. The van der Waals surface area contributed by atoms with Gasteiger partial charge in [-0.1, -0.05) is 32.9 Å². The van der Waals surface area contributed by atoms with E-state index in [1.165, 1.54) is 0 Å². The maximum atomic E-state index is 11.9. The Kier molecular flexibility index (Phi) is 4.27. The summed E-state index contributed by atoms with van der Waals surface area (Å²) in [5.41, 5.74) is -0.299. The van der Waals surface area contributed by atoms with Gasteiger partial charge in [0.1, 0.15) is 12.4 Å². The minimum atomic E-state index is -0.299. The second kappa shape index (κ2) is 5.28. The summed E-state index contributed by atoms with van der Waals surface area (Å²) < 4.78 is 5.04. The predicted octanol–water partition coefficient (Wildman–Crippen LogP) is 2.50. The minimum Gasteiger partial charge on any atom is -0.461 e. The molecule has 0 unspecified atom stereocenters. The van der Waals surface area contributed by atoms with E-state index < -0.39 is 0 Å². The number of allylic oxidation sites excluding steroid dienone is 1. The first-order chi connectivity index (χ1) is 7.41. The molecule has 0 fully saturated rings. The molecule has 0 aromatic heterocycles. The molecule has 0 saturated carbocycles. The monoisotopic (exact) mass is 224 g/mol. The zero-order chi connectivity index (χ0) is 12.2. The Morgan fingerprint density at radius 3 is 2.62 bits per heavy atom. The van der Waals surface area contributed by atoms with E-state index >= 15 is 0 Å². The van der Waals surface area contributed by atoms with Crippen LogP contribution in [-0.4, -0.2) is 18.4 Å². The summed E-state index contributed by atoms with van der Waals surface area (Å²) in [6.07, 6.45) is 5.19. The molecule has 90 valence electrons. The fraction of sp³-hybridized carbons (Fsp3) is 0.692. The SMILES string of the molecule is C[C@@H]1C/C=C\COC(=O)CC(C)(C)CC1=O. The lowest BCUT2D eigenvalue weighted by Gasteiger charge is -2.23. The molecule has 1 heterocycles. The van der Waals surface area contributed by atoms with Crippen molar-refractivity contribution in [2.24, 2.45) is 11.3 Å². The molecule has 3 heteroatoms. The Labute approximate surface area is 96.9 Å². The van der Waals surface area contributed by atoms with E-state index in [1.54, 1.807) is 6.08 Å². The Bertz CT molecular complexity index is 302. The van der Waals surface area contributed by atoms with Crippen molar-refractivity contribution in [3.8, 4) is 0 Å². The van der Waals surface area contributed by atoms with E-state index in [9.17, 15) is 9.59 Å². The van der Waals surface area contributed by atoms with Crippen molar-refractivity contribution in [3.05, 3.63) is 12.2 Å². The van der Waals surface area contributed by atoms with Gasteiger partial charge in [0.15, 0.2) is 0 Å². The molecule has 0 amide bonds. The average Bonchev–Trinajstić information content (AvgIpc) is 2.15. The molecular formula is C13H20O3. The average molecular weight is 224 g/mol. The Morgan fingerprint density at radius 1 is 1.25 bits per heavy atom. The first-order valence-electron chi connectivity index (χ1n) is 5.74. The third-order valence-corrected chi connectivity index (χ3v) is 2.82. The van der Waals surface area contributed by atoms with E-state index in [-0.39, 0.29) is 23.1 Å². The maximum Gasteiger partial charge on any atom is 0.306 e. The van der Waals surface area contributed by atoms with Crippen LogP contribution in [0.3, 0.4) is 0 Å². The van der Waals surface area contributed by atoms with Gasteiger partial charge < -0.3 is 4.74 Å². The number of cyclic esters (lactones) is 1. The summed E-state index contributed by atoms with van der Waals surface area (Å²) in [5, 5.41) is 0. The first kappa shape index (κ1) is 12.9. The molecular weight excluding hydrogens is 204 g/mol. The molecule has 1 rings (SSSR count). The fourth-order valence-electron chi connectivity index (χ4n) is 1.79. The van der Waals surface area contributed by atoms with Crippen molar-refractivity contribution < 1.29 is 14.3 Å². The second-order valence-corrected chi connectivity index (χ2v) is 5.28. The molecule has 0 bridgehead atoms. The molecule has 16 heavy (non-hydrogen) atoms. The van der Waals surface area contributed by atoms with Gasteiger partial charge in [-0.2, -0.15) is 0 Å². The zero-order valence-electron chi connectivity index (χ0n) is 10.3. The van der Waals surface area contributed by atoms with Crippen molar-refractivity contribution in [2.45, 2.75) is 40.0 Å². The van der Waals surface area contributed by atoms with E-state index in [1.807, 2.05) is 26.8 Å². The number of esters is 1. The lowest BCUT2D eigenvalue weighted by atomic mass is 9.81. The Balaban J connectivity index is 2.76. The van der Waals surface area contributed by atoms with Crippen LogP contribution in [0.1, 0.15) is 40.0 Å². The van der Waals surface area contributed by atoms with Gasteiger partial charge in [0, 0.05) is 12.3 Å². The third-order valence-electron chi connectivity index (χ3n) is 2.82. The normalized spacial score (nSPS) is 29.1. The summed E-state index contributed by atoms with van der Waals surface area (Å²) >= 11 is 0. The van der Waals surface area contributed by atoms with Crippen LogP contribution in [0.4, 0.5) is 0 Å². The highest BCUT2D eigenvalue weighted by molar-refractivity contribution is 5.82. The highest BCUT2D eigenvalue weighted by Crippen LogP contribution is 2.28. The number of hydrogen-bond acceptors (Lipinski definition) is 3. The van der Waals surface area contributed by atoms with Crippen LogP contribution in [-0.2, 0) is 14.3 Å². The van der Waals surface area contributed by atoms with Crippen LogP contribution in [0.15, 0.2) is 12.2 Å². The lowest BCUT2D eigenvalue weighted by Crippen LogP contribution is -2.24. The standard InChI is InChI=1S/C13H20O3/c1-10-6-4-5-7-16-12(15)9-13(2,3)8-11(10)14/h4-5,10H,6-9H2,1-3H3/b5-4-/t10-/m1/s1. The first-order valence-corrected chi connectivity index (χ1v) is 5.74. The molecule has 0 aromatic carbocycles. The molecule has 1 aliphatic rings. The lowest BCUT2D eigenvalue weighted by molar-refractivity contribution is -0.145. The summed E-state index contributed by atoms with van der Waals surface area (Å²) in [4.78, 5) is 23.3. The fourth-order valence-corrected chi connectivity index (χ4v) is 1.79. The molecule has 1 aliphatic heterocycles. The van der Waals surface area contributed by atoms with Crippen molar-refractivity contribution in [2.75, 3.05) is 6.61 Å². The van der Waals surface area contributed by atoms with Crippen LogP contribution in [0, 0.1) is 11.3 Å². The van der Waals surface area contributed by atoms with Gasteiger partial charge in [-0.05, 0) is 11.8 Å². The number of rotatable bonds is 0. The number of hydrogen-bond donors (Lipinski definition) is 0. The molecule has 3 nitrogen and oxygen atoms in total. The molecule has 0 radical (unpaired) electrons. The highest BCUT2D eigenvalue weighted by atomic mass is 16.5. The number of Topliss-reactive ketones (excluding diaryl/α,β-unsaturated/α-hetero) is 1. The topological polar surface area (TPSA) is 43.4 Å². The van der Waals surface area contributed by atoms with Crippen LogP contribution in [0.25, 0.3) is 0 Å². The third kappa shape index (κ3) is 4.17. The molecule has 0 N–H and O–H groups in total. The molecule has 1 atom stereocenters. The van der Waals surface area contributed by atoms with Crippen molar-refractivity contribution in [3.63, 3.8) is 0 Å². The van der Waals surface area contributed by atoms with E-state index in [4.69, 9.17) is 4.74 Å². The van der Waals surface area contributed by atoms with Gasteiger partial charge in [0.05, 0.1) is 6.42 Å². The smallest absolute Gasteiger partial charge is 0.306 e. The van der Waals surface area contributed by atoms with Crippen LogP contribution in [0.2, 0.25) is 0 Å². The Morgan fingerprint density at radius 2 is 1.94 bits per heavy atom. The van der Waals surface area contributed by atoms with Crippen molar-refractivity contribution in [1.82, 2.24) is 0 Å². The van der Waals surface area contributed by atoms with Crippen LogP contribution in [0.5, 0.6) is 0 Å². The quantitative estimate of drug-likeness (QED) is 0.469. The second-order valence-electron chi connectivity index (χ2n) is 5.28. The molecule has 0 aliphatic carbocycles. The van der Waals surface area contributed by atoms with E-state index in [0.717, 1.165) is 6.42 Å². The van der Waals surface area contributed by atoms with E-state index in [2.05, 4.69) is 0 Å². The van der Waals surface area contributed by atoms with Gasteiger partial charge in [0.2, 0.25) is 0 Å². The molecule has 0 spiro atoms. The van der Waals surface area contributed by atoms with Gasteiger partial charge in [-0.3, -0.25) is 9.59 Å². The number of ether oxygens (including phenoxy) is 1. The maximum absolute atomic E-state index is 11.9. The van der Waals surface area contributed by atoms with Gasteiger partial charge >= 0.3 is 5.97 Å². The minimum absolute atomic E-state index is 0.0312. The van der Waals surface area contributed by atoms with Crippen LogP contribution < -0.4 is 0 Å². The summed E-state index contributed by atoms with van der Waals surface area (Å²) in [5.74, 6) is 0.0325. The highest BCUT2D eigenvalue weighted by Gasteiger charge is 2.28. The zero-order valence-corrected chi connectivity index (χ0v) is 10.3. The summed E-state index contributed by atoms with van der Waals surface area (Å²) in [6, 6.07) is 0.